The van der Waals surface area contributed by atoms with Crippen LogP contribution in [0, 0.1) is 5.82 Å². The number of phenols is 1. The summed E-state index contributed by atoms with van der Waals surface area (Å²) >= 11 is 6.49. The fraction of sp³-hybridized carbons (Fsp3) is 0.231. The Hall–Kier alpha value is -3.66. The van der Waals surface area contributed by atoms with Crippen LogP contribution in [-0.4, -0.2) is 49.6 Å². The highest BCUT2D eigenvalue weighted by molar-refractivity contribution is 6.32. The van der Waals surface area contributed by atoms with Gasteiger partial charge in [0.05, 0.1) is 22.9 Å². The molecule has 0 spiro atoms. The quantitative estimate of drug-likeness (QED) is 0.381. The lowest BCUT2D eigenvalue weighted by Gasteiger charge is -2.23. The highest BCUT2D eigenvalue weighted by Crippen LogP contribution is 2.41. The van der Waals surface area contributed by atoms with Gasteiger partial charge >= 0.3 is 5.69 Å². The summed E-state index contributed by atoms with van der Waals surface area (Å²) in [5.74, 6) is -0.0172. The third-order valence-corrected chi connectivity index (χ3v) is 6.92. The smallest absolute Gasteiger partial charge is 0.332 e. The first-order chi connectivity index (χ1) is 17.2. The Morgan fingerprint density at radius 2 is 1.86 bits per heavy atom. The molecule has 4 aromatic rings. The maximum Gasteiger partial charge on any atom is 0.332 e. The zero-order valence-electron chi connectivity index (χ0n) is 19.5. The number of rotatable bonds is 5. The summed E-state index contributed by atoms with van der Waals surface area (Å²) in [5.41, 5.74) is 7.36. The van der Waals surface area contributed by atoms with E-state index in [0.717, 1.165) is 0 Å². The molecule has 10 heteroatoms. The van der Waals surface area contributed by atoms with Gasteiger partial charge in [0.1, 0.15) is 17.4 Å². The summed E-state index contributed by atoms with van der Waals surface area (Å²) in [7, 11) is 1.64. The normalized spacial score (nSPS) is 17.6. The van der Waals surface area contributed by atoms with Crippen LogP contribution in [0.4, 0.5) is 10.2 Å². The first kappa shape index (κ1) is 24.1. The Bertz CT molecular complexity index is 1520. The van der Waals surface area contributed by atoms with Crippen molar-refractivity contribution in [3.05, 3.63) is 82.4 Å². The van der Waals surface area contributed by atoms with Crippen molar-refractivity contribution < 1.29 is 14.6 Å². The fourth-order valence-corrected chi connectivity index (χ4v) is 4.81. The molecule has 0 bridgehead atoms. The standard InChI is InChI=1S/C26H25ClFN5O3/c1-31-8-9-33(25(31)36)22-3-2-16(10-21(22)27)19-12-18(28)13-20(24(19)35)17-4-6-30-23(11-17)32-7-5-26(29,14-32)15-34/h2-4,6,8-13,34-35H,5,7,14-15,29H2,1H3. The summed E-state index contributed by atoms with van der Waals surface area (Å²) in [4.78, 5) is 18.7. The molecule has 1 aliphatic heterocycles. The molecule has 4 N–H and O–H groups in total. The lowest BCUT2D eigenvalue weighted by atomic mass is 9.97. The number of nitrogens with two attached hydrogens (primary N) is 1. The predicted molar refractivity (Wildman–Crippen MR) is 137 cm³/mol. The number of aryl methyl sites for hydroxylation is 1. The molecule has 1 unspecified atom stereocenters. The van der Waals surface area contributed by atoms with Crippen molar-refractivity contribution in [1.29, 1.82) is 0 Å². The summed E-state index contributed by atoms with van der Waals surface area (Å²) in [5, 5.41) is 21.0. The largest absolute Gasteiger partial charge is 0.507 e. The molecule has 0 aliphatic carbocycles. The number of aromatic hydroxyl groups is 1. The highest BCUT2D eigenvalue weighted by Gasteiger charge is 2.34. The predicted octanol–water partition coefficient (Wildman–Crippen LogP) is 3.30. The molecule has 5 rings (SSSR count). The molecule has 2 aromatic heterocycles. The van der Waals surface area contributed by atoms with Crippen LogP contribution in [0.25, 0.3) is 27.9 Å². The summed E-state index contributed by atoms with van der Waals surface area (Å²) < 4.78 is 17.6. The molecular formula is C26H25ClFN5O3. The third-order valence-electron chi connectivity index (χ3n) is 6.62. The van der Waals surface area contributed by atoms with Crippen LogP contribution in [-0.2, 0) is 7.05 Å². The summed E-state index contributed by atoms with van der Waals surface area (Å²) in [6.45, 7) is 0.941. The van der Waals surface area contributed by atoms with Gasteiger partial charge < -0.3 is 25.4 Å². The van der Waals surface area contributed by atoms with E-state index in [-0.39, 0.29) is 28.6 Å². The Balaban J connectivity index is 1.53. The van der Waals surface area contributed by atoms with E-state index in [1.165, 1.54) is 21.3 Å². The van der Waals surface area contributed by atoms with Gasteiger partial charge in [-0.25, -0.2) is 14.2 Å². The third kappa shape index (κ3) is 4.26. The minimum atomic E-state index is -0.692. The molecule has 0 amide bonds. The zero-order valence-corrected chi connectivity index (χ0v) is 20.3. The molecule has 0 saturated carbocycles. The molecule has 1 fully saturated rings. The number of anilines is 1. The molecule has 186 valence electrons. The maximum absolute atomic E-state index is 14.8. The van der Waals surface area contributed by atoms with E-state index < -0.39 is 11.4 Å². The number of aromatic nitrogens is 3. The van der Waals surface area contributed by atoms with E-state index in [0.29, 0.717) is 47.7 Å². The van der Waals surface area contributed by atoms with Crippen LogP contribution in [0.5, 0.6) is 5.75 Å². The van der Waals surface area contributed by atoms with Crippen LogP contribution >= 0.6 is 11.6 Å². The number of imidazole rings is 1. The van der Waals surface area contributed by atoms with E-state index >= 15 is 0 Å². The van der Waals surface area contributed by atoms with Crippen molar-refractivity contribution in [2.75, 3.05) is 24.6 Å². The summed E-state index contributed by atoms with van der Waals surface area (Å²) in [6, 6.07) is 10.9. The van der Waals surface area contributed by atoms with Gasteiger partial charge in [-0.1, -0.05) is 17.7 Å². The van der Waals surface area contributed by atoms with Gasteiger partial charge in [0, 0.05) is 49.9 Å². The molecule has 1 aliphatic rings. The molecule has 2 aromatic carbocycles. The van der Waals surface area contributed by atoms with Gasteiger partial charge in [-0.2, -0.15) is 0 Å². The molecule has 3 heterocycles. The average molecular weight is 510 g/mol. The highest BCUT2D eigenvalue weighted by atomic mass is 35.5. The van der Waals surface area contributed by atoms with E-state index in [2.05, 4.69) is 4.98 Å². The fourth-order valence-electron chi connectivity index (χ4n) is 4.54. The van der Waals surface area contributed by atoms with Gasteiger partial charge in [0.15, 0.2) is 0 Å². The number of halogens is 2. The van der Waals surface area contributed by atoms with Gasteiger partial charge in [-0.3, -0.25) is 4.57 Å². The second-order valence-corrected chi connectivity index (χ2v) is 9.58. The van der Waals surface area contributed by atoms with Crippen LogP contribution in [0.3, 0.4) is 0 Å². The monoisotopic (exact) mass is 509 g/mol. The number of aliphatic hydroxyl groups is 1. The van der Waals surface area contributed by atoms with Crippen LogP contribution in [0.2, 0.25) is 5.02 Å². The van der Waals surface area contributed by atoms with E-state index in [1.807, 2.05) is 4.90 Å². The molecular weight excluding hydrogens is 485 g/mol. The number of phenolic OH excluding ortho intramolecular Hbond substituents is 1. The Morgan fingerprint density at radius 1 is 1.14 bits per heavy atom. The van der Waals surface area contributed by atoms with E-state index in [1.54, 1.807) is 56.0 Å². The Morgan fingerprint density at radius 3 is 2.47 bits per heavy atom. The number of pyridine rings is 1. The SMILES string of the molecule is Cn1ccn(-c2ccc(-c3cc(F)cc(-c4ccnc(N5CCC(N)(CO)C5)c4)c3O)cc2Cl)c1=O. The minimum Gasteiger partial charge on any atom is -0.507 e. The number of hydrogen-bond donors (Lipinski definition) is 3. The van der Waals surface area contributed by atoms with Crippen molar-refractivity contribution in [2.24, 2.45) is 12.8 Å². The number of aliphatic hydroxyl groups excluding tert-OH is 1. The van der Waals surface area contributed by atoms with Gasteiger partial charge in [-0.15, -0.1) is 0 Å². The molecule has 8 nitrogen and oxygen atoms in total. The number of nitrogens with zero attached hydrogens (tertiary/aromatic N) is 4. The van der Waals surface area contributed by atoms with Gasteiger partial charge in [0.2, 0.25) is 0 Å². The van der Waals surface area contributed by atoms with Crippen molar-refractivity contribution in [2.45, 2.75) is 12.0 Å². The number of benzene rings is 2. The number of hydrogen-bond acceptors (Lipinski definition) is 6. The maximum atomic E-state index is 14.8. The van der Waals surface area contributed by atoms with Crippen molar-refractivity contribution in [3.8, 4) is 33.7 Å². The average Bonchev–Trinajstić information content (AvgIpc) is 3.43. The molecule has 0 radical (unpaired) electrons. The summed E-state index contributed by atoms with van der Waals surface area (Å²) in [6.07, 6.45) is 5.45. The lowest BCUT2D eigenvalue weighted by molar-refractivity contribution is 0.210. The molecule has 1 atom stereocenters. The van der Waals surface area contributed by atoms with Crippen molar-refractivity contribution in [1.82, 2.24) is 14.1 Å². The zero-order chi connectivity index (χ0) is 25.6. The van der Waals surface area contributed by atoms with E-state index in [9.17, 15) is 19.4 Å². The van der Waals surface area contributed by atoms with Crippen molar-refractivity contribution in [3.63, 3.8) is 0 Å². The second kappa shape index (κ2) is 9.09. The Kier molecular flexibility index (Phi) is 6.07. The minimum absolute atomic E-state index is 0.112. The first-order valence-electron chi connectivity index (χ1n) is 11.4. The Labute approximate surface area is 211 Å². The van der Waals surface area contributed by atoms with Crippen LogP contribution in [0.15, 0.2) is 65.8 Å². The molecule has 36 heavy (non-hydrogen) atoms. The van der Waals surface area contributed by atoms with Crippen LogP contribution < -0.4 is 16.3 Å². The first-order valence-corrected chi connectivity index (χ1v) is 11.7. The molecule has 1 saturated heterocycles. The van der Waals surface area contributed by atoms with E-state index in [4.69, 9.17) is 17.3 Å². The van der Waals surface area contributed by atoms with Gasteiger partial charge in [0.25, 0.3) is 0 Å². The van der Waals surface area contributed by atoms with Gasteiger partial charge in [-0.05, 0) is 53.9 Å². The second-order valence-electron chi connectivity index (χ2n) is 9.17. The van der Waals surface area contributed by atoms with Crippen molar-refractivity contribution >= 4 is 17.4 Å². The van der Waals surface area contributed by atoms with Crippen LogP contribution in [0.1, 0.15) is 6.42 Å². The lowest BCUT2D eigenvalue weighted by Crippen LogP contribution is -2.46. The topological polar surface area (TPSA) is 110 Å².